The minimum Gasteiger partial charge on any atom is -0.444 e. The van der Waals surface area contributed by atoms with Crippen LogP contribution in [0.1, 0.15) is 37.6 Å². The first kappa shape index (κ1) is 26.0. The van der Waals surface area contributed by atoms with Crippen molar-refractivity contribution in [2.45, 2.75) is 32.8 Å². The van der Waals surface area contributed by atoms with Gasteiger partial charge in [0.1, 0.15) is 5.60 Å². The van der Waals surface area contributed by atoms with Gasteiger partial charge in [0, 0.05) is 38.8 Å². The standard InChI is InChI=1S/C19H31N5O3.HI/c1-19(2,3)27-18(26)24-12-8-11-22-17(20-4)23-14-13-21-16(25)15-9-6-5-7-10-15;/h5-7,9-10H,8,11-14H2,1-4H3,(H,21,25)(H,24,26)(H2,20,22,23);1H. The van der Waals surface area contributed by atoms with Crippen molar-refractivity contribution in [3.8, 4) is 0 Å². The first-order valence-electron chi connectivity index (χ1n) is 9.06. The second-order valence-corrected chi connectivity index (χ2v) is 6.83. The third kappa shape index (κ3) is 12.4. The Hall–Kier alpha value is -2.04. The number of nitrogens with one attached hydrogen (secondary N) is 4. The average Bonchev–Trinajstić information content (AvgIpc) is 2.62. The van der Waals surface area contributed by atoms with E-state index in [0.717, 1.165) is 6.42 Å². The number of amides is 2. The van der Waals surface area contributed by atoms with E-state index in [1.54, 1.807) is 19.2 Å². The molecule has 0 radical (unpaired) electrons. The van der Waals surface area contributed by atoms with Crippen LogP contribution >= 0.6 is 24.0 Å². The molecular weight excluding hydrogens is 473 g/mol. The number of ether oxygens (including phenoxy) is 1. The third-order valence-corrected chi connectivity index (χ3v) is 3.28. The first-order valence-corrected chi connectivity index (χ1v) is 9.06. The first-order chi connectivity index (χ1) is 12.8. The summed E-state index contributed by atoms with van der Waals surface area (Å²) in [6, 6.07) is 9.08. The fourth-order valence-corrected chi connectivity index (χ4v) is 2.07. The number of hydrogen-bond acceptors (Lipinski definition) is 4. The number of carbonyl (C=O) groups is 2. The maximum Gasteiger partial charge on any atom is 0.407 e. The van der Waals surface area contributed by atoms with E-state index in [1.807, 2.05) is 39.0 Å². The molecule has 0 unspecified atom stereocenters. The Labute approximate surface area is 184 Å². The van der Waals surface area contributed by atoms with Crippen molar-refractivity contribution in [3.63, 3.8) is 0 Å². The highest BCUT2D eigenvalue weighted by atomic mass is 127. The van der Waals surface area contributed by atoms with E-state index in [9.17, 15) is 9.59 Å². The SMILES string of the molecule is CN=C(NCCCNC(=O)OC(C)(C)C)NCCNC(=O)c1ccccc1.I. The topological polar surface area (TPSA) is 104 Å². The smallest absolute Gasteiger partial charge is 0.407 e. The summed E-state index contributed by atoms with van der Waals surface area (Å²) in [5, 5.41) is 11.8. The molecule has 9 heteroatoms. The maximum atomic E-state index is 11.9. The molecule has 0 aliphatic carbocycles. The van der Waals surface area contributed by atoms with Gasteiger partial charge in [-0.15, -0.1) is 24.0 Å². The highest BCUT2D eigenvalue weighted by Crippen LogP contribution is 2.06. The second-order valence-electron chi connectivity index (χ2n) is 6.83. The van der Waals surface area contributed by atoms with E-state index < -0.39 is 11.7 Å². The van der Waals surface area contributed by atoms with Gasteiger partial charge in [-0.25, -0.2) is 4.79 Å². The number of halogens is 1. The van der Waals surface area contributed by atoms with Crippen LogP contribution in [0.15, 0.2) is 35.3 Å². The van der Waals surface area contributed by atoms with Gasteiger partial charge in [0.2, 0.25) is 0 Å². The third-order valence-electron chi connectivity index (χ3n) is 3.28. The van der Waals surface area contributed by atoms with Crippen LogP contribution in [0.2, 0.25) is 0 Å². The predicted octanol–water partition coefficient (Wildman–Crippen LogP) is 2.11. The molecule has 28 heavy (non-hydrogen) atoms. The van der Waals surface area contributed by atoms with Crippen LogP contribution in [0.4, 0.5) is 4.79 Å². The van der Waals surface area contributed by atoms with Gasteiger partial charge < -0.3 is 26.0 Å². The number of carbonyl (C=O) groups excluding carboxylic acids is 2. The lowest BCUT2D eigenvalue weighted by Crippen LogP contribution is -2.42. The van der Waals surface area contributed by atoms with Crippen LogP contribution in [-0.2, 0) is 4.74 Å². The molecule has 0 saturated carbocycles. The largest absolute Gasteiger partial charge is 0.444 e. The number of hydrogen-bond donors (Lipinski definition) is 4. The number of benzene rings is 1. The molecule has 1 rings (SSSR count). The molecule has 1 aromatic rings. The number of guanidine groups is 1. The summed E-state index contributed by atoms with van der Waals surface area (Å²) in [5.74, 6) is 0.537. The van der Waals surface area contributed by atoms with E-state index in [-0.39, 0.29) is 29.9 Å². The van der Waals surface area contributed by atoms with Crippen LogP contribution in [0.3, 0.4) is 0 Å². The van der Waals surface area contributed by atoms with Crippen molar-refractivity contribution < 1.29 is 14.3 Å². The molecule has 0 aliphatic heterocycles. The summed E-state index contributed by atoms with van der Waals surface area (Å²) in [7, 11) is 1.68. The zero-order valence-corrected chi connectivity index (χ0v) is 19.3. The lowest BCUT2D eigenvalue weighted by molar-refractivity contribution is 0.0527. The minimum absolute atomic E-state index is 0. The molecule has 0 heterocycles. The molecule has 4 N–H and O–H groups in total. The van der Waals surface area contributed by atoms with Crippen molar-refractivity contribution in [3.05, 3.63) is 35.9 Å². The van der Waals surface area contributed by atoms with Gasteiger partial charge in [0.25, 0.3) is 5.91 Å². The zero-order chi connectivity index (χ0) is 20.1. The van der Waals surface area contributed by atoms with Crippen LogP contribution in [0.25, 0.3) is 0 Å². The molecule has 1 aromatic carbocycles. The van der Waals surface area contributed by atoms with Crippen LogP contribution < -0.4 is 21.3 Å². The monoisotopic (exact) mass is 505 g/mol. The van der Waals surface area contributed by atoms with E-state index in [2.05, 4.69) is 26.3 Å². The normalized spacial score (nSPS) is 11.1. The van der Waals surface area contributed by atoms with Crippen molar-refractivity contribution in [1.82, 2.24) is 21.3 Å². The molecule has 0 bridgehead atoms. The maximum absolute atomic E-state index is 11.9. The summed E-state index contributed by atoms with van der Waals surface area (Å²) >= 11 is 0. The van der Waals surface area contributed by atoms with Crippen LogP contribution in [0.5, 0.6) is 0 Å². The Kier molecular flexibility index (Phi) is 13.0. The van der Waals surface area contributed by atoms with Crippen LogP contribution in [-0.4, -0.2) is 56.8 Å². The molecule has 8 nitrogen and oxygen atoms in total. The Bertz CT molecular complexity index is 618. The molecule has 0 saturated heterocycles. The minimum atomic E-state index is -0.496. The predicted molar refractivity (Wildman–Crippen MR) is 122 cm³/mol. The van der Waals surface area contributed by atoms with E-state index in [0.29, 0.717) is 37.7 Å². The summed E-state index contributed by atoms with van der Waals surface area (Å²) in [6.45, 7) is 7.66. The summed E-state index contributed by atoms with van der Waals surface area (Å²) in [4.78, 5) is 27.5. The number of aliphatic imine (C=N–C) groups is 1. The van der Waals surface area contributed by atoms with Crippen molar-refractivity contribution in [2.75, 3.05) is 33.2 Å². The Morgan fingerprint density at radius 1 is 0.929 bits per heavy atom. The lowest BCUT2D eigenvalue weighted by Gasteiger charge is -2.19. The molecule has 158 valence electrons. The van der Waals surface area contributed by atoms with E-state index >= 15 is 0 Å². The van der Waals surface area contributed by atoms with Crippen molar-refractivity contribution in [2.24, 2.45) is 4.99 Å². The zero-order valence-electron chi connectivity index (χ0n) is 17.0. The van der Waals surface area contributed by atoms with E-state index in [4.69, 9.17) is 4.74 Å². The quantitative estimate of drug-likeness (QED) is 0.188. The van der Waals surface area contributed by atoms with Crippen molar-refractivity contribution in [1.29, 1.82) is 0 Å². The van der Waals surface area contributed by atoms with E-state index in [1.165, 1.54) is 0 Å². The Morgan fingerprint density at radius 3 is 2.11 bits per heavy atom. The van der Waals surface area contributed by atoms with Gasteiger partial charge in [-0.05, 0) is 39.3 Å². The molecule has 2 amide bonds. The summed E-state index contributed by atoms with van der Waals surface area (Å²) in [6.07, 6.45) is 0.309. The van der Waals surface area contributed by atoms with Gasteiger partial charge >= 0.3 is 6.09 Å². The Morgan fingerprint density at radius 2 is 1.50 bits per heavy atom. The molecule has 0 spiro atoms. The van der Waals surface area contributed by atoms with Gasteiger partial charge in [0.05, 0.1) is 0 Å². The molecule has 0 aliphatic rings. The van der Waals surface area contributed by atoms with Gasteiger partial charge in [-0.2, -0.15) is 0 Å². The highest BCUT2D eigenvalue weighted by Gasteiger charge is 2.15. The lowest BCUT2D eigenvalue weighted by atomic mass is 10.2. The Balaban J connectivity index is 0.00000729. The van der Waals surface area contributed by atoms with Crippen molar-refractivity contribution >= 4 is 41.9 Å². The second kappa shape index (κ2) is 14.0. The van der Waals surface area contributed by atoms with Gasteiger partial charge in [-0.3, -0.25) is 9.79 Å². The molecule has 0 aromatic heterocycles. The number of alkyl carbamates (subject to hydrolysis) is 1. The van der Waals surface area contributed by atoms with Gasteiger partial charge in [-0.1, -0.05) is 18.2 Å². The number of rotatable bonds is 8. The fraction of sp³-hybridized carbons (Fsp3) is 0.526. The van der Waals surface area contributed by atoms with Crippen LogP contribution in [0, 0.1) is 0 Å². The summed E-state index contributed by atoms with van der Waals surface area (Å²) in [5.41, 5.74) is 0.141. The molecule has 0 atom stereocenters. The van der Waals surface area contributed by atoms with Gasteiger partial charge in [0.15, 0.2) is 5.96 Å². The average molecular weight is 505 g/mol. The molecule has 0 fully saturated rings. The highest BCUT2D eigenvalue weighted by molar-refractivity contribution is 14.0. The molecular formula is C19H32IN5O3. The number of nitrogens with zero attached hydrogens (tertiary/aromatic N) is 1. The fourth-order valence-electron chi connectivity index (χ4n) is 2.07. The summed E-state index contributed by atoms with van der Waals surface area (Å²) < 4.78 is 5.16.